The molecule has 11 heteroatoms. The molecule has 1 aliphatic carbocycles. The average molecular weight is 667 g/mol. The molecular formula is C38H38N2O9. The summed E-state index contributed by atoms with van der Waals surface area (Å²) in [5.41, 5.74) is 6.13. The van der Waals surface area contributed by atoms with E-state index in [4.69, 9.17) is 28.4 Å². The lowest BCUT2D eigenvalue weighted by molar-refractivity contribution is -0.142. The average Bonchev–Trinajstić information content (AvgIpc) is 3.44. The van der Waals surface area contributed by atoms with Crippen molar-refractivity contribution < 1.29 is 42.8 Å². The van der Waals surface area contributed by atoms with Crippen LogP contribution in [0.2, 0.25) is 0 Å². The van der Waals surface area contributed by atoms with Crippen molar-refractivity contribution in [3.05, 3.63) is 101 Å². The number of carbonyl (C=O) groups is 3. The minimum absolute atomic E-state index is 0.0515. The van der Waals surface area contributed by atoms with Crippen molar-refractivity contribution in [2.45, 2.75) is 18.9 Å². The van der Waals surface area contributed by atoms with E-state index >= 15 is 0 Å². The quantitative estimate of drug-likeness (QED) is 0.125. The van der Waals surface area contributed by atoms with Gasteiger partial charge in [0.15, 0.2) is 11.5 Å². The number of ether oxygens (including phenoxy) is 6. The monoisotopic (exact) mass is 666 g/mol. The number of benzene rings is 4. The summed E-state index contributed by atoms with van der Waals surface area (Å²) in [6.07, 6.45) is 2.85. The highest BCUT2D eigenvalue weighted by atomic mass is 16.6. The van der Waals surface area contributed by atoms with Gasteiger partial charge in [-0.05, 0) is 57.6 Å². The van der Waals surface area contributed by atoms with E-state index in [2.05, 4.69) is 10.6 Å². The van der Waals surface area contributed by atoms with E-state index in [0.29, 0.717) is 28.7 Å². The topological polar surface area (TPSA) is 131 Å². The second-order valence-electron chi connectivity index (χ2n) is 11.1. The van der Waals surface area contributed by atoms with E-state index in [1.807, 2.05) is 66.7 Å². The van der Waals surface area contributed by atoms with E-state index < -0.39 is 30.6 Å². The number of methoxy groups -OCH3 is 4. The van der Waals surface area contributed by atoms with Gasteiger partial charge in [0.2, 0.25) is 5.75 Å². The van der Waals surface area contributed by atoms with Gasteiger partial charge in [0, 0.05) is 12.8 Å². The molecule has 5 rings (SSSR count). The maximum atomic E-state index is 13.5. The molecule has 1 atom stereocenters. The summed E-state index contributed by atoms with van der Waals surface area (Å²) < 4.78 is 32.5. The fraction of sp³-hybridized carbons (Fsp3) is 0.237. The molecule has 1 unspecified atom stereocenters. The number of hydrogen-bond acceptors (Lipinski definition) is 9. The van der Waals surface area contributed by atoms with Gasteiger partial charge in [-0.2, -0.15) is 0 Å². The fourth-order valence-corrected chi connectivity index (χ4v) is 5.70. The highest BCUT2D eigenvalue weighted by molar-refractivity contribution is 5.98. The number of amides is 2. The lowest BCUT2D eigenvalue weighted by Crippen LogP contribution is -2.47. The van der Waals surface area contributed by atoms with E-state index in [9.17, 15) is 14.4 Å². The zero-order valence-electron chi connectivity index (χ0n) is 27.9. The molecule has 254 valence electrons. The van der Waals surface area contributed by atoms with Crippen molar-refractivity contribution in [1.29, 1.82) is 0 Å². The largest absolute Gasteiger partial charge is 0.495 e. The third-order valence-electron chi connectivity index (χ3n) is 8.04. The summed E-state index contributed by atoms with van der Waals surface area (Å²) in [4.78, 5) is 38.2. The van der Waals surface area contributed by atoms with Crippen molar-refractivity contribution >= 4 is 35.8 Å². The Morgan fingerprint density at radius 3 is 1.88 bits per heavy atom. The first-order valence-corrected chi connectivity index (χ1v) is 15.5. The van der Waals surface area contributed by atoms with Gasteiger partial charge in [-0.3, -0.25) is 9.59 Å². The number of hydrogen-bond donors (Lipinski definition) is 2. The predicted molar refractivity (Wildman–Crippen MR) is 185 cm³/mol. The van der Waals surface area contributed by atoms with Crippen LogP contribution in [0.15, 0.2) is 78.9 Å². The molecule has 2 amide bonds. The van der Waals surface area contributed by atoms with Gasteiger partial charge in [-0.25, -0.2) is 4.79 Å². The zero-order chi connectivity index (χ0) is 34.9. The first kappa shape index (κ1) is 34.4. The van der Waals surface area contributed by atoms with Gasteiger partial charge in [0.25, 0.3) is 5.91 Å². The highest BCUT2D eigenvalue weighted by Crippen LogP contribution is 2.44. The summed E-state index contributed by atoms with van der Waals surface area (Å²) in [5, 5.41) is 5.34. The summed E-state index contributed by atoms with van der Waals surface area (Å²) in [7, 11) is 6.09. The van der Waals surface area contributed by atoms with Gasteiger partial charge >= 0.3 is 12.1 Å². The van der Waals surface area contributed by atoms with Gasteiger partial charge in [-0.15, -0.1) is 0 Å². The van der Waals surface area contributed by atoms with Crippen LogP contribution >= 0.6 is 0 Å². The summed E-state index contributed by atoms with van der Waals surface area (Å²) in [6.45, 7) is 0.861. The molecule has 4 aromatic carbocycles. The zero-order valence-corrected chi connectivity index (χ0v) is 27.9. The van der Waals surface area contributed by atoms with Crippen LogP contribution in [0.1, 0.15) is 35.1 Å². The Morgan fingerprint density at radius 2 is 1.31 bits per heavy atom. The molecule has 49 heavy (non-hydrogen) atoms. The van der Waals surface area contributed by atoms with E-state index in [0.717, 1.165) is 33.4 Å². The van der Waals surface area contributed by atoms with Gasteiger partial charge in [0.05, 0.1) is 34.1 Å². The van der Waals surface area contributed by atoms with Gasteiger partial charge in [-0.1, -0.05) is 66.7 Å². The Balaban J connectivity index is 1.30. The standard InChI is InChI=1S/C38H38N2O9/c1-23(41)48-22-32(40-38(43)49-21-30-28-12-8-6-10-26(28)27-11-7-9-13-29(27)30)37(42)39-31-18-24(16-17-33(31)44-2)14-15-25-19-34(45-3)36(47-5)35(20-25)46-4/h6-20,30,32H,21-22H2,1-5H3,(H,39,42)(H,40,43)/b15-14-. The lowest BCUT2D eigenvalue weighted by atomic mass is 9.98. The van der Waals surface area contributed by atoms with Crippen LogP contribution in [0.25, 0.3) is 23.3 Å². The molecule has 2 N–H and O–H groups in total. The fourth-order valence-electron chi connectivity index (χ4n) is 5.70. The second-order valence-corrected chi connectivity index (χ2v) is 11.1. The van der Waals surface area contributed by atoms with E-state index in [1.165, 1.54) is 21.1 Å². The molecule has 0 radical (unpaired) electrons. The van der Waals surface area contributed by atoms with Gasteiger partial charge < -0.3 is 39.1 Å². The van der Waals surface area contributed by atoms with Crippen LogP contribution in [0.5, 0.6) is 23.0 Å². The molecule has 1 aliphatic rings. The molecular weight excluding hydrogens is 628 g/mol. The van der Waals surface area contributed by atoms with Crippen LogP contribution in [0.4, 0.5) is 10.5 Å². The van der Waals surface area contributed by atoms with Crippen LogP contribution in [-0.2, 0) is 19.1 Å². The van der Waals surface area contributed by atoms with Crippen molar-refractivity contribution in [1.82, 2.24) is 5.32 Å². The third-order valence-corrected chi connectivity index (χ3v) is 8.04. The summed E-state index contributed by atoms with van der Waals surface area (Å²) >= 11 is 0. The van der Waals surface area contributed by atoms with E-state index in [-0.39, 0.29) is 12.5 Å². The molecule has 0 spiro atoms. The van der Waals surface area contributed by atoms with Crippen molar-refractivity contribution in [3.8, 4) is 34.1 Å². The molecule has 0 saturated carbocycles. The number of fused-ring (bicyclic) bond motifs is 3. The number of anilines is 1. The number of carbonyl (C=O) groups excluding carboxylic acids is 3. The van der Waals surface area contributed by atoms with Crippen molar-refractivity contribution in [2.24, 2.45) is 0 Å². The van der Waals surface area contributed by atoms with Crippen LogP contribution in [0.3, 0.4) is 0 Å². The second kappa shape index (κ2) is 15.7. The Kier molecular flexibility index (Phi) is 11.0. The minimum atomic E-state index is -1.26. The van der Waals surface area contributed by atoms with Crippen molar-refractivity contribution in [3.63, 3.8) is 0 Å². The molecule has 0 aromatic heterocycles. The van der Waals surface area contributed by atoms with Crippen LogP contribution in [0, 0.1) is 0 Å². The number of esters is 1. The Bertz CT molecular complexity index is 1800. The summed E-state index contributed by atoms with van der Waals surface area (Å²) in [6, 6.07) is 23.5. The van der Waals surface area contributed by atoms with E-state index in [1.54, 1.807) is 38.5 Å². The molecule has 0 bridgehead atoms. The maximum absolute atomic E-state index is 13.5. The SMILES string of the molecule is COc1ccc(/C=C\c2cc(OC)c(OC)c(OC)c2)cc1NC(=O)C(COC(C)=O)NC(=O)OCC1c2ccccc2-c2ccccc21. The maximum Gasteiger partial charge on any atom is 0.407 e. The first-order chi connectivity index (χ1) is 23.8. The van der Waals surface area contributed by atoms with Crippen LogP contribution < -0.4 is 29.6 Å². The molecule has 0 fully saturated rings. The van der Waals surface area contributed by atoms with Gasteiger partial charge in [0.1, 0.15) is 25.0 Å². The Labute approximate surface area is 284 Å². The lowest BCUT2D eigenvalue weighted by Gasteiger charge is -2.20. The highest BCUT2D eigenvalue weighted by Gasteiger charge is 2.30. The molecule has 11 nitrogen and oxygen atoms in total. The smallest absolute Gasteiger partial charge is 0.407 e. The van der Waals surface area contributed by atoms with Crippen LogP contribution in [-0.4, -0.2) is 65.7 Å². The molecule has 0 aliphatic heterocycles. The third kappa shape index (κ3) is 7.95. The molecule has 0 heterocycles. The number of rotatable bonds is 13. The predicted octanol–water partition coefficient (Wildman–Crippen LogP) is 6.30. The Morgan fingerprint density at radius 1 is 0.714 bits per heavy atom. The first-order valence-electron chi connectivity index (χ1n) is 15.5. The minimum Gasteiger partial charge on any atom is -0.495 e. The molecule has 4 aromatic rings. The Hall–Kier alpha value is -5.97. The molecule has 0 saturated heterocycles. The van der Waals surface area contributed by atoms with Crippen molar-refractivity contribution in [2.75, 3.05) is 47.0 Å². The summed E-state index contributed by atoms with van der Waals surface area (Å²) in [5.74, 6) is 0.456. The number of nitrogens with one attached hydrogen (secondary N) is 2. The number of alkyl carbamates (subject to hydrolysis) is 1. The normalized spacial score (nSPS) is 12.3.